The number of aryl methyl sites for hydroxylation is 1. The molecule has 0 bridgehead atoms. The summed E-state index contributed by atoms with van der Waals surface area (Å²) in [6.07, 6.45) is 2.04. The van der Waals surface area contributed by atoms with E-state index in [1.807, 2.05) is 19.1 Å². The van der Waals surface area contributed by atoms with Crippen LogP contribution < -0.4 is 11.4 Å². The molecular formula is C13H15N5O2S. The van der Waals surface area contributed by atoms with Crippen LogP contribution in [0, 0.1) is 6.92 Å². The van der Waals surface area contributed by atoms with Gasteiger partial charge in [-0.25, -0.2) is 9.89 Å². The topological polar surface area (TPSA) is 109 Å². The summed E-state index contributed by atoms with van der Waals surface area (Å²) in [4.78, 5) is 12.7. The van der Waals surface area contributed by atoms with Crippen LogP contribution in [0.3, 0.4) is 0 Å². The van der Waals surface area contributed by atoms with Crippen molar-refractivity contribution in [1.29, 1.82) is 0 Å². The lowest BCUT2D eigenvalue weighted by Gasteiger charge is -2.07. The van der Waals surface area contributed by atoms with Crippen LogP contribution in [0.5, 0.6) is 0 Å². The Kier molecular flexibility index (Phi) is 3.46. The predicted octanol–water partition coefficient (Wildman–Crippen LogP) is 1.46. The van der Waals surface area contributed by atoms with Gasteiger partial charge in [-0.2, -0.15) is 0 Å². The van der Waals surface area contributed by atoms with Gasteiger partial charge in [0.25, 0.3) is 0 Å². The summed E-state index contributed by atoms with van der Waals surface area (Å²) in [5.74, 6) is 0.0821. The third-order valence-electron chi connectivity index (χ3n) is 3.37. The molecule has 21 heavy (non-hydrogen) atoms. The summed E-state index contributed by atoms with van der Waals surface area (Å²) in [6.45, 7) is 1.88. The third kappa shape index (κ3) is 2.66. The molecule has 1 aromatic carbocycles. The second kappa shape index (κ2) is 5.28. The van der Waals surface area contributed by atoms with Crippen molar-refractivity contribution in [3.8, 4) is 0 Å². The highest BCUT2D eigenvalue weighted by atomic mass is 32.2. The number of aromatic amines is 1. The zero-order valence-corrected chi connectivity index (χ0v) is 12.2. The van der Waals surface area contributed by atoms with Gasteiger partial charge in [-0.1, -0.05) is 5.16 Å². The number of hydrogen-bond donors (Lipinski definition) is 3. The van der Waals surface area contributed by atoms with Gasteiger partial charge in [0.15, 0.2) is 11.0 Å². The first-order valence-electron chi connectivity index (χ1n) is 6.53. The van der Waals surface area contributed by atoms with Gasteiger partial charge in [-0.15, -0.1) is 5.10 Å². The number of hydrogen-bond acceptors (Lipinski definition) is 5. The van der Waals surface area contributed by atoms with Gasteiger partial charge in [0.2, 0.25) is 0 Å². The quantitative estimate of drug-likeness (QED) is 0.343. The number of aromatic nitrogens is 3. The number of benzene rings is 1. The molecule has 3 rings (SSSR count). The van der Waals surface area contributed by atoms with E-state index in [0.29, 0.717) is 10.7 Å². The van der Waals surface area contributed by atoms with Gasteiger partial charge in [-0.3, -0.25) is 4.57 Å². The van der Waals surface area contributed by atoms with Gasteiger partial charge in [0, 0.05) is 16.5 Å². The van der Waals surface area contributed by atoms with Gasteiger partial charge in [-0.05, 0) is 55.3 Å². The number of H-pyrrole nitrogens is 1. The van der Waals surface area contributed by atoms with E-state index < -0.39 is 0 Å². The maximum Gasteiger partial charge on any atom is 0.344 e. The molecule has 1 aromatic heterocycles. The Hall–Kier alpha value is -2.22. The fourth-order valence-electron chi connectivity index (χ4n) is 2.16. The second-order valence-electron chi connectivity index (χ2n) is 4.98. The van der Waals surface area contributed by atoms with Gasteiger partial charge >= 0.3 is 5.69 Å². The average molecular weight is 305 g/mol. The molecule has 0 unspecified atom stereocenters. The molecule has 0 aliphatic heterocycles. The van der Waals surface area contributed by atoms with Gasteiger partial charge in [0.1, 0.15) is 0 Å². The van der Waals surface area contributed by atoms with E-state index in [0.717, 1.165) is 23.3 Å². The van der Waals surface area contributed by atoms with Crippen molar-refractivity contribution in [2.24, 2.45) is 10.9 Å². The van der Waals surface area contributed by atoms with E-state index in [1.165, 1.54) is 11.8 Å². The zero-order valence-electron chi connectivity index (χ0n) is 11.4. The number of nitrogens with zero attached hydrogens (tertiary/aromatic N) is 3. The predicted molar refractivity (Wildman–Crippen MR) is 78.9 cm³/mol. The maximum absolute atomic E-state index is 11.7. The molecule has 1 aliphatic rings. The first-order chi connectivity index (χ1) is 10.1. The van der Waals surface area contributed by atoms with Crippen LogP contribution >= 0.6 is 11.8 Å². The Labute approximate surface area is 124 Å². The van der Waals surface area contributed by atoms with Crippen LogP contribution in [0.15, 0.2) is 38.2 Å². The monoisotopic (exact) mass is 305 g/mol. The summed E-state index contributed by atoms with van der Waals surface area (Å²) in [7, 11) is 0. The largest absolute Gasteiger partial charge is 0.409 e. The first kappa shape index (κ1) is 13.7. The first-order valence-corrected chi connectivity index (χ1v) is 7.35. The highest BCUT2D eigenvalue weighted by Crippen LogP contribution is 2.37. The Morgan fingerprint density at radius 2 is 2.33 bits per heavy atom. The highest BCUT2D eigenvalue weighted by Gasteiger charge is 2.28. The molecule has 0 spiro atoms. The van der Waals surface area contributed by atoms with E-state index in [1.54, 1.807) is 10.6 Å². The third-order valence-corrected chi connectivity index (χ3v) is 4.33. The lowest BCUT2D eigenvalue weighted by atomic mass is 10.1. The fraction of sp³-hybridized carbons (Fsp3) is 0.308. The smallest absolute Gasteiger partial charge is 0.344 e. The van der Waals surface area contributed by atoms with Crippen molar-refractivity contribution in [1.82, 2.24) is 14.8 Å². The molecule has 2 aromatic rings. The number of amidine groups is 1. The lowest BCUT2D eigenvalue weighted by Crippen LogP contribution is -2.16. The van der Waals surface area contributed by atoms with Crippen LogP contribution in [0.4, 0.5) is 0 Å². The fourth-order valence-corrected chi connectivity index (χ4v) is 3.17. The Morgan fingerprint density at radius 1 is 1.57 bits per heavy atom. The van der Waals surface area contributed by atoms with E-state index in [-0.39, 0.29) is 17.6 Å². The molecule has 0 radical (unpaired) electrons. The van der Waals surface area contributed by atoms with Crippen LogP contribution in [0.25, 0.3) is 0 Å². The van der Waals surface area contributed by atoms with Crippen molar-refractivity contribution in [2.75, 3.05) is 0 Å². The van der Waals surface area contributed by atoms with E-state index >= 15 is 0 Å². The lowest BCUT2D eigenvalue weighted by molar-refractivity contribution is 0.318. The SMILES string of the molecule is Cc1cc(Sc2n[nH]c(=O)n2C2CC2)ccc1/C(N)=N/O. The highest BCUT2D eigenvalue weighted by molar-refractivity contribution is 7.99. The van der Waals surface area contributed by atoms with Crippen molar-refractivity contribution in [2.45, 2.75) is 35.9 Å². The van der Waals surface area contributed by atoms with Crippen LogP contribution in [-0.4, -0.2) is 25.8 Å². The molecule has 8 heteroatoms. The zero-order chi connectivity index (χ0) is 15.0. The average Bonchev–Trinajstić information content (AvgIpc) is 3.23. The van der Waals surface area contributed by atoms with Crippen molar-refractivity contribution in [3.05, 3.63) is 39.8 Å². The number of rotatable bonds is 4. The molecule has 7 nitrogen and oxygen atoms in total. The van der Waals surface area contributed by atoms with Crippen molar-refractivity contribution >= 4 is 17.6 Å². The summed E-state index contributed by atoms with van der Waals surface area (Å²) in [5, 5.41) is 19.0. The van der Waals surface area contributed by atoms with Crippen molar-refractivity contribution < 1.29 is 5.21 Å². The molecule has 1 fully saturated rings. The second-order valence-corrected chi connectivity index (χ2v) is 6.02. The maximum atomic E-state index is 11.7. The minimum atomic E-state index is -0.162. The Balaban J connectivity index is 1.89. The molecular weight excluding hydrogens is 290 g/mol. The normalized spacial score (nSPS) is 15.4. The van der Waals surface area contributed by atoms with E-state index in [4.69, 9.17) is 10.9 Å². The van der Waals surface area contributed by atoms with Crippen molar-refractivity contribution in [3.63, 3.8) is 0 Å². The Bertz CT molecular complexity index is 760. The standard InChI is InChI=1S/C13H15N5O2S/c1-7-6-9(4-5-10(7)11(14)17-20)21-13-16-15-12(19)18(13)8-2-3-8/h4-6,8,20H,2-3H2,1H3,(H2,14,17)(H,15,19). The minimum Gasteiger partial charge on any atom is -0.409 e. The Morgan fingerprint density at radius 3 is 2.95 bits per heavy atom. The van der Waals surface area contributed by atoms with E-state index in [2.05, 4.69) is 15.4 Å². The van der Waals surface area contributed by atoms with E-state index in [9.17, 15) is 4.79 Å². The minimum absolute atomic E-state index is 0.0821. The molecule has 0 saturated heterocycles. The summed E-state index contributed by atoms with van der Waals surface area (Å²) < 4.78 is 1.71. The molecule has 0 atom stereocenters. The summed E-state index contributed by atoms with van der Waals surface area (Å²) in [5.41, 5.74) is 7.02. The van der Waals surface area contributed by atoms with Crippen LogP contribution in [-0.2, 0) is 0 Å². The van der Waals surface area contributed by atoms with Gasteiger partial charge in [0.05, 0.1) is 0 Å². The molecule has 1 aliphatic carbocycles. The van der Waals surface area contributed by atoms with Crippen LogP contribution in [0.1, 0.15) is 30.0 Å². The number of nitrogens with one attached hydrogen (secondary N) is 1. The van der Waals surface area contributed by atoms with Gasteiger partial charge < -0.3 is 10.9 Å². The molecule has 1 saturated carbocycles. The molecule has 4 N–H and O–H groups in total. The number of oxime groups is 1. The molecule has 110 valence electrons. The summed E-state index contributed by atoms with van der Waals surface area (Å²) >= 11 is 1.42. The van der Waals surface area contributed by atoms with Crippen LogP contribution in [0.2, 0.25) is 0 Å². The molecule has 1 heterocycles. The number of nitrogens with two attached hydrogens (primary N) is 1. The molecule has 0 amide bonds. The summed E-state index contributed by atoms with van der Waals surface area (Å²) in [6, 6.07) is 5.85.